The molecule has 0 bridgehead atoms. The Morgan fingerprint density at radius 1 is 1.20 bits per heavy atom. The average molecular weight is 301 g/mol. The van der Waals surface area contributed by atoms with Crippen LogP contribution in [0.5, 0.6) is 0 Å². The number of nitrogens with zero attached hydrogens (tertiary/aromatic N) is 2. The van der Waals surface area contributed by atoms with Crippen molar-refractivity contribution in [2.45, 2.75) is 33.0 Å². The van der Waals surface area contributed by atoms with E-state index in [0.717, 1.165) is 21.6 Å². The summed E-state index contributed by atoms with van der Waals surface area (Å²) in [6, 6.07) is 3.68. The van der Waals surface area contributed by atoms with E-state index < -0.39 is 11.9 Å². The normalized spacial score (nSPS) is 13.3. The molecule has 1 N–H and O–H groups in total. The third-order valence-corrected chi connectivity index (χ3v) is 3.99. The predicted octanol–water partition coefficient (Wildman–Crippen LogP) is 4.35. The van der Waals surface area contributed by atoms with Crippen LogP contribution in [0, 0.1) is 13.8 Å². The number of thiazole rings is 1. The first-order valence-electron chi connectivity index (χ1n) is 6.02. The number of nitrogens with one attached hydrogen (secondary N) is 1. The summed E-state index contributed by atoms with van der Waals surface area (Å²) in [6.07, 6.45) is -4.43. The Balaban J connectivity index is 2.20. The van der Waals surface area contributed by atoms with E-state index in [1.165, 1.54) is 23.5 Å². The van der Waals surface area contributed by atoms with Crippen LogP contribution in [0.1, 0.15) is 34.2 Å². The topological polar surface area (TPSA) is 37.8 Å². The number of aryl methyl sites for hydroxylation is 2. The maximum absolute atomic E-state index is 12.6. The van der Waals surface area contributed by atoms with E-state index in [-0.39, 0.29) is 11.9 Å². The second kappa shape index (κ2) is 5.40. The number of hydrogen-bond acceptors (Lipinski definition) is 4. The molecule has 0 spiro atoms. The minimum Gasteiger partial charge on any atom is -0.363 e. The smallest absolute Gasteiger partial charge is 0.363 e. The molecule has 1 unspecified atom stereocenters. The molecule has 0 amide bonds. The maximum Gasteiger partial charge on any atom is 0.433 e. The summed E-state index contributed by atoms with van der Waals surface area (Å²) in [7, 11) is 0. The molecular formula is C13H14F3N3S. The van der Waals surface area contributed by atoms with Gasteiger partial charge in [-0.05, 0) is 32.9 Å². The fraction of sp³-hybridized carbons (Fsp3) is 0.385. The Bertz CT molecular complexity index is 607. The molecule has 0 aliphatic rings. The van der Waals surface area contributed by atoms with E-state index in [4.69, 9.17) is 0 Å². The highest BCUT2D eigenvalue weighted by molar-refractivity contribution is 7.11. The average Bonchev–Trinajstić information content (AvgIpc) is 2.68. The van der Waals surface area contributed by atoms with Crippen molar-refractivity contribution in [3.8, 4) is 0 Å². The number of hydrogen-bond donors (Lipinski definition) is 1. The number of aromatic nitrogens is 2. The van der Waals surface area contributed by atoms with Crippen molar-refractivity contribution in [3.05, 3.63) is 39.5 Å². The predicted molar refractivity (Wildman–Crippen MR) is 72.9 cm³/mol. The molecule has 2 heterocycles. The maximum atomic E-state index is 12.6. The second-order valence-electron chi connectivity index (χ2n) is 4.45. The van der Waals surface area contributed by atoms with Crippen molar-refractivity contribution in [1.29, 1.82) is 0 Å². The van der Waals surface area contributed by atoms with E-state index in [1.807, 2.05) is 20.8 Å². The summed E-state index contributed by atoms with van der Waals surface area (Å²) < 4.78 is 37.8. The van der Waals surface area contributed by atoms with E-state index in [2.05, 4.69) is 15.3 Å². The SMILES string of the molecule is Cc1nc(C)c(C(C)Nc2cccc(C(F)(F)F)n2)s1. The lowest BCUT2D eigenvalue weighted by Gasteiger charge is -2.15. The molecule has 7 heteroatoms. The lowest BCUT2D eigenvalue weighted by Crippen LogP contribution is -2.12. The Morgan fingerprint density at radius 3 is 2.45 bits per heavy atom. The minimum atomic E-state index is -4.43. The van der Waals surface area contributed by atoms with E-state index in [0.29, 0.717) is 0 Å². The molecule has 0 saturated heterocycles. The van der Waals surface area contributed by atoms with Gasteiger partial charge in [-0.2, -0.15) is 13.2 Å². The molecule has 20 heavy (non-hydrogen) atoms. The van der Waals surface area contributed by atoms with Gasteiger partial charge >= 0.3 is 6.18 Å². The van der Waals surface area contributed by atoms with Gasteiger partial charge in [-0.25, -0.2) is 9.97 Å². The highest BCUT2D eigenvalue weighted by Gasteiger charge is 2.32. The standard InChI is InChI=1S/C13H14F3N3S/c1-7-12(20-9(3)17-7)8(2)18-11-6-4-5-10(19-11)13(14,15)16/h4-6,8H,1-3H3,(H,18,19). The fourth-order valence-corrected chi connectivity index (χ4v) is 2.84. The Labute approximate surface area is 118 Å². The number of pyridine rings is 1. The van der Waals surface area contributed by atoms with Crippen LogP contribution in [0.4, 0.5) is 19.0 Å². The van der Waals surface area contributed by atoms with Crippen molar-refractivity contribution < 1.29 is 13.2 Å². The van der Waals surface area contributed by atoms with Crippen LogP contribution in [0.2, 0.25) is 0 Å². The molecule has 108 valence electrons. The van der Waals surface area contributed by atoms with Crippen LogP contribution in [0.15, 0.2) is 18.2 Å². The van der Waals surface area contributed by atoms with E-state index in [9.17, 15) is 13.2 Å². The molecule has 0 fully saturated rings. The van der Waals surface area contributed by atoms with Crippen molar-refractivity contribution >= 4 is 17.2 Å². The van der Waals surface area contributed by atoms with Gasteiger partial charge in [0.1, 0.15) is 11.5 Å². The summed E-state index contributed by atoms with van der Waals surface area (Å²) >= 11 is 1.53. The van der Waals surface area contributed by atoms with Crippen LogP contribution in [-0.4, -0.2) is 9.97 Å². The first-order valence-corrected chi connectivity index (χ1v) is 6.83. The van der Waals surface area contributed by atoms with Gasteiger partial charge in [0, 0.05) is 4.88 Å². The molecule has 1 atom stereocenters. The quantitative estimate of drug-likeness (QED) is 0.916. The van der Waals surface area contributed by atoms with Crippen LogP contribution >= 0.6 is 11.3 Å². The second-order valence-corrected chi connectivity index (χ2v) is 5.69. The zero-order chi connectivity index (χ0) is 14.9. The first kappa shape index (κ1) is 14.8. The Morgan fingerprint density at radius 2 is 1.90 bits per heavy atom. The largest absolute Gasteiger partial charge is 0.433 e. The van der Waals surface area contributed by atoms with Crippen LogP contribution in [-0.2, 0) is 6.18 Å². The zero-order valence-corrected chi connectivity index (χ0v) is 12.1. The Hall–Kier alpha value is -1.63. The van der Waals surface area contributed by atoms with Gasteiger partial charge in [0.15, 0.2) is 0 Å². The van der Waals surface area contributed by atoms with Gasteiger partial charge in [-0.1, -0.05) is 6.07 Å². The lowest BCUT2D eigenvalue weighted by atomic mass is 10.2. The number of alkyl halides is 3. The summed E-state index contributed by atoms with van der Waals surface area (Å²) in [4.78, 5) is 8.90. The number of halogens is 3. The molecule has 2 rings (SSSR count). The Kier molecular flexibility index (Phi) is 3.99. The summed E-state index contributed by atoms with van der Waals surface area (Å²) in [6.45, 7) is 5.66. The van der Waals surface area contributed by atoms with Crippen LogP contribution in [0.3, 0.4) is 0 Å². The molecule has 2 aromatic rings. The molecule has 0 aliphatic heterocycles. The van der Waals surface area contributed by atoms with Gasteiger partial charge < -0.3 is 5.32 Å². The summed E-state index contributed by atoms with van der Waals surface area (Å²) in [5, 5.41) is 3.92. The third-order valence-electron chi connectivity index (χ3n) is 2.74. The number of rotatable bonds is 3. The summed E-state index contributed by atoms with van der Waals surface area (Å²) in [5.74, 6) is 0.206. The van der Waals surface area contributed by atoms with Gasteiger partial charge in [-0.3, -0.25) is 0 Å². The van der Waals surface area contributed by atoms with Crippen molar-refractivity contribution in [2.24, 2.45) is 0 Å². The highest BCUT2D eigenvalue weighted by Crippen LogP contribution is 2.30. The van der Waals surface area contributed by atoms with Gasteiger partial charge in [0.05, 0.1) is 16.7 Å². The highest BCUT2D eigenvalue weighted by atomic mass is 32.1. The fourth-order valence-electron chi connectivity index (χ4n) is 1.91. The number of anilines is 1. The molecule has 2 aromatic heterocycles. The van der Waals surface area contributed by atoms with E-state index >= 15 is 0 Å². The lowest BCUT2D eigenvalue weighted by molar-refractivity contribution is -0.141. The van der Waals surface area contributed by atoms with E-state index in [1.54, 1.807) is 0 Å². The minimum absolute atomic E-state index is 0.141. The van der Waals surface area contributed by atoms with Crippen molar-refractivity contribution in [3.63, 3.8) is 0 Å². The van der Waals surface area contributed by atoms with Crippen LogP contribution < -0.4 is 5.32 Å². The monoisotopic (exact) mass is 301 g/mol. The molecular weight excluding hydrogens is 287 g/mol. The molecule has 0 aliphatic carbocycles. The first-order chi connectivity index (χ1) is 9.27. The van der Waals surface area contributed by atoms with Gasteiger partial charge in [0.2, 0.25) is 0 Å². The molecule has 0 aromatic carbocycles. The van der Waals surface area contributed by atoms with Gasteiger partial charge in [0.25, 0.3) is 0 Å². The van der Waals surface area contributed by atoms with Crippen molar-refractivity contribution in [1.82, 2.24) is 9.97 Å². The molecule has 0 saturated carbocycles. The molecule has 0 radical (unpaired) electrons. The third kappa shape index (κ3) is 3.27. The molecule has 3 nitrogen and oxygen atoms in total. The van der Waals surface area contributed by atoms with Gasteiger partial charge in [-0.15, -0.1) is 11.3 Å². The van der Waals surface area contributed by atoms with Crippen LogP contribution in [0.25, 0.3) is 0 Å². The zero-order valence-electron chi connectivity index (χ0n) is 11.2. The van der Waals surface area contributed by atoms with Crippen molar-refractivity contribution in [2.75, 3.05) is 5.32 Å². The summed E-state index contributed by atoms with van der Waals surface area (Å²) in [5.41, 5.74) is -0.00798.